The predicted molar refractivity (Wildman–Crippen MR) is 65.3 cm³/mol. The lowest BCUT2D eigenvalue weighted by atomic mass is 10.1. The van der Waals surface area contributed by atoms with Crippen LogP contribution in [-0.4, -0.2) is 18.5 Å². The lowest BCUT2D eigenvalue weighted by Gasteiger charge is -2.00. The normalized spacial score (nSPS) is 16.7. The molecule has 1 heterocycles. The van der Waals surface area contributed by atoms with Gasteiger partial charge in [-0.05, 0) is 18.6 Å². The SMILES string of the molecule is CCOC(=O)/C(F)=C1\C=C(c2ccccc2)C(=O)O1. The molecular formula is C14H11FO4. The van der Waals surface area contributed by atoms with Gasteiger partial charge in [0, 0.05) is 0 Å². The molecule has 5 heteroatoms. The molecule has 0 aliphatic carbocycles. The Hall–Kier alpha value is -2.43. The molecule has 0 unspecified atom stereocenters. The Morgan fingerprint density at radius 3 is 2.63 bits per heavy atom. The van der Waals surface area contributed by atoms with Crippen molar-refractivity contribution in [2.24, 2.45) is 0 Å². The van der Waals surface area contributed by atoms with Crippen LogP contribution in [0.1, 0.15) is 12.5 Å². The second-order valence-electron chi connectivity index (χ2n) is 3.71. The molecule has 0 saturated heterocycles. The van der Waals surface area contributed by atoms with Gasteiger partial charge in [-0.15, -0.1) is 0 Å². The average molecular weight is 262 g/mol. The summed E-state index contributed by atoms with van der Waals surface area (Å²) in [6.45, 7) is 1.60. The van der Waals surface area contributed by atoms with E-state index in [9.17, 15) is 14.0 Å². The van der Waals surface area contributed by atoms with Crippen molar-refractivity contribution in [2.45, 2.75) is 6.92 Å². The summed E-state index contributed by atoms with van der Waals surface area (Å²) in [7, 11) is 0. The number of carbonyl (C=O) groups is 2. The largest absolute Gasteiger partial charge is 0.461 e. The van der Waals surface area contributed by atoms with Gasteiger partial charge in [-0.2, -0.15) is 4.39 Å². The maximum Gasteiger partial charge on any atom is 0.371 e. The second kappa shape index (κ2) is 5.48. The molecule has 1 aliphatic rings. The molecular weight excluding hydrogens is 251 g/mol. The van der Waals surface area contributed by atoms with Crippen molar-refractivity contribution in [3.8, 4) is 0 Å². The van der Waals surface area contributed by atoms with Crippen molar-refractivity contribution in [2.75, 3.05) is 6.61 Å². The number of cyclic esters (lactones) is 1. The van der Waals surface area contributed by atoms with E-state index in [0.717, 1.165) is 0 Å². The summed E-state index contributed by atoms with van der Waals surface area (Å²) in [5.41, 5.74) is 0.800. The quantitative estimate of drug-likeness (QED) is 0.620. The smallest absolute Gasteiger partial charge is 0.371 e. The first-order valence-corrected chi connectivity index (χ1v) is 5.69. The summed E-state index contributed by atoms with van der Waals surface area (Å²) in [4.78, 5) is 22.8. The standard InChI is InChI=1S/C14H11FO4/c1-2-18-14(17)12(15)11-8-10(13(16)19-11)9-6-4-3-5-7-9/h3-8H,2H2,1H3/b12-11-. The molecule has 1 aliphatic heterocycles. The lowest BCUT2D eigenvalue weighted by molar-refractivity contribution is -0.140. The Labute approximate surface area is 109 Å². The Kier molecular flexibility index (Phi) is 3.75. The third kappa shape index (κ3) is 2.70. The number of carbonyl (C=O) groups excluding carboxylic acids is 2. The molecule has 0 amide bonds. The van der Waals surface area contributed by atoms with E-state index in [-0.39, 0.29) is 12.2 Å². The fourth-order valence-electron chi connectivity index (χ4n) is 1.60. The van der Waals surface area contributed by atoms with Gasteiger partial charge in [0.15, 0.2) is 5.76 Å². The van der Waals surface area contributed by atoms with E-state index in [1.165, 1.54) is 6.08 Å². The molecule has 0 bridgehead atoms. The van der Waals surface area contributed by atoms with Crippen LogP contribution in [0, 0.1) is 0 Å². The predicted octanol–water partition coefficient (Wildman–Crippen LogP) is 2.37. The highest BCUT2D eigenvalue weighted by atomic mass is 19.1. The molecule has 98 valence electrons. The van der Waals surface area contributed by atoms with Gasteiger partial charge in [0.25, 0.3) is 0 Å². The number of esters is 2. The molecule has 0 fully saturated rings. The van der Waals surface area contributed by atoms with Gasteiger partial charge in [0.2, 0.25) is 5.83 Å². The highest BCUT2D eigenvalue weighted by Gasteiger charge is 2.28. The minimum absolute atomic E-state index is 0.0444. The van der Waals surface area contributed by atoms with Gasteiger partial charge < -0.3 is 9.47 Å². The molecule has 0 saturated carbocycles. The lowest BCUT2D eigenvalue weighted by Crippen LogP contribution is -2.07. The van der Waals surface area contributed by atoms with E-state index in [2.05, 4.69) is 4.74 Å². The Balaban J connectivity index is 2.33. The summed E-state index contributed by atoms with van der Waals surface area (Å²) in [5.74, 6) is -3.46. The number of ether oxygens (including phenoxy) is 2. The third-order valence-corrected chi connectivity index (χ3v) is 2.45. The Bertz CT molecular complexity index is 572. The van der Waals surface area contributed by atoms with Crippen LogP contribution in [0.2, 0.25) is 0 Å². The second-order valence-corrected chi connectivity index (χ2v) is 3.71. The number of allylic oxidation sites excluding steroid dienone is 1. The molecule has 1 aromatic carbocycles. The molecule has 0 spiro atoms. The van der Waals surface area contributed by atoms with Crippen LogP contribution in [-0.2, 0) is 19.1 Å². The number of halogens is 1. The molecule has 2 rings (SSSR count). The first kappa shape index (κ1) is 13.0. The van der Waals surface area contributed by atoms with Crippen molar-refractivity contribution < 1.29 is 23.5 Å². The summed E-state index contributed by atoms with van der Waals surface area (Å²) in [6.07, 6.45) is 1.20. The maximum atomic E-state index is 13.6. The first-order chi connectivity index (χ1) is 9.13. The topological polar surface area (TPSA) is 52.6 Å². The van der Waals surface area contributed by atoms with Crippen LogP contribution in [0.25, 0.3) is 5.57 Å². The van der Waals surface area contributed by atoms with Gasteiger partial charge in [-0.3, -0.25) is 0 Å². The number of benzene rings is 1. The van der Waals surface area contributed by atoms with Crippen LogP contribution in [0.15, 0.2) is 48.0 Å². The van der Waals surface area contributed by atoms with Crippen molar-refractivity contribution in [1.29, 1.82) is 0 Å². The van der Waals surface area contributed by atoms with Crippen LogP contribution in [0.4, 0.5) is 4.39 Å². The van der Waals surface area contributed by atoms with E-state index in [1.54, 1.807) is 37.3 Å². The van der Waals surface area contributed by atoms with Crippen molar-refractivity contribution in [3.63, 3.8) is 0 Å². The molecule has 19 heavy (non-hydrogen) atoms. The highest BCUT2D eigenvalue weighted by molar-refractivity contribution is 6.20. The van der Waals surface area contributed by atoms with Crippen LogP contribution < -0.4 is 0 Å². The maximum absolute atomic E-state index is 13.6. The van der Waals surface area contributed by atoms with E-state index in [4.69, 9.17) is 4.74 Å². The molecule has 0 aromatic heterocycles. The minimum atomic E-state index is -1.21. The Morgan fingerprint density at radius 2 is 2.00 bits per heavy atom. The van der Waals surface area contributed by atoms with E-state index in [1.807, 2.05) is 0 Å². The molecule has 1 aromatic rings. The summed E-state index contributed by atoms with van der Waals surface area (Å²) < 4.78 is 22.9. The number of hydrogen-bond acceptors (Lipinski definition) is 4. The first-order valence-electron chi connectivity index (χ1n) is 5.69. The molecule has 0 N–H and O–H groups in total. The minimum Gasteiger partial charge on any atom is -0.461 e. The monoisotopic (exact) mass is 262 g/mol. The van der Waals surface area contributed by atoms with Crippen molar-refractivity contribution in [1.82, 2.24) is 0 Å². The summed E-state index contributed by atoms with van der Waals surface area (Å²) >= 11 is 0. The van der Waals surface area contributed by atoms with Gasteiger partial charge in [-0.1, -0.05) is 30.3 Å². The third-order valence-electron chi connectivity index (χ3n) is 2.45. The fourth-order valence-corrected chi connectivity index (χ4v) is 1.60. The summed E-state index contributed by atoms with van der Waals surface area (Å²) in [5, 5.41) is 0. The van der Waals surface area contributed by atoms with E-state index >= 15 is 0 Å². The van der Waals surface area contributed by atoms with Crippen LogP contribution in [0.3, 0.4) is 0 Å². The van der Waals surface area contributed by atoms with Gasteiger partial charge in [0.05, 0.1) is 12.2 Å². The van der Waals surface area contributed by atoms with Gasteiger partial charge in [0.1, 0.15) is 0 Å². The van der Waals surface area contributed by atoms with Gasteiger partial charge >= 0.3 is 11.9 Å². The zero-order chi connectivity index (χ0) is 13.8. The fraction of sp³-hybridized carbons (Fsp3) is 0.143. The van der Waals surface area contributed by atoms with Crippen molar-refractivity contribution >= 4 is 17.5 Å². The number of rotatable bonds is 3. The zero-order valence-electron chi connectivity index (χ0n) is 10.2. The van der Waals surface area contributed by atoms with Gasteiger partial charge in [-0.25, -0.2) is 9.59 Å². The average Bonchev–Trinajstić information content (AvgIpc) is 2.81. The molecule has 4 nitrogen and oxygen atoms in total. The molecule has 0 atom stereocenters. The van der Waals surface area contributed by atoms with E-state index < -0.39 is 23.5 Å². The Morgan fingerprint density at radius 1 is 1.32 bits per heavy atom. The number of hydrogen-bond donors (Lipinski definition) is 0. The molecule has 0 radical (unpaired) electrons. The highest BCUT2D eigenvalue weighted by Crippen LogP contribution is 2.28. The van der Waals surface area contributed by atoms with E-state index in [0.29, 0.717) is 5.56 Å². The van der Waals surface area contributed by atoms with Crippen LogP contribution in [0.5, 0.6) is 0 Å². The van der Waals surface area contributed by atoms with Crippen LogP contribution >= 0.6 is 0 Å². The zero-order valence-corrected chi connectivity index (χ0v) is 10.2. The van der Waals surface area contributed by atoms with Crippen molar-refractivity contribution in [3.05, 3.63) is 53.6 Å². The summed E-state index contributed by atoms with van der Waals surface area (Å²) in [6, 6.07) is 8.66.